The monoisotopic (exact) mass is 346 g/mol. The Morgan fingerprint density at radius 1 is 1.17 bits per heavy atom. The highest BCUT2D eigenvalue weighted by Gasteiger charge is 2.28. The number of aromatic nitrogens is 2. The summed E-state index contributed by atoms with van der Waals surface area (Å²) in [6.45, 7) is -0.0772. The molecule has 0 amide bonds. The van der Waals surface area contributed by atoms with Gasteiger partial charge in [-0.15, -0.1) is 0 Å². The number of nitrogens with zero attached hydrogens (tertiary/aromatic N) is 4. The third-order valence-electron chi connectivity index (χ3n) is 3.36. The molecular formula is C15H11FN4O3S. The Morgan fingerprint density at radius 2 is 1.92 bits per heavy atom. The molecule has 1 heterocycles. The molecule has 0 radical (unpaired) electrons. The van der Waals surface area contributed by atoms with E-state index in [1.165, 1.54) is 24.3 Å². The molecule has 0 bridgehead atoms. The zero-order valence-electron chi connectivity index (χ0n) is 12.3. The average molecular weight is 346 g/mol. The first-order valence-corrected chi connectivity index (χ1v) is 8.34. The summed E-state index contributed by atoms with van der Waals surface area (Å²) in [6.07, 6.45) is -0.0242. The molecule has 0 fully saturated rings. The first-order chi connectivity index (χ1) is 11.5. The number of fused-ring (bicyclic) bond motifs is 1. The van der Waals surface area contributed by atoms with Gasteiger partial charge in [0.1, 0.15) is 16.2 Å². The minimum absolute atomic E-state index is 0.0242. The molecule has 0 saturated carbocycles. The van der Waals surface area contributed by atoms with Crippen LogP contribution in [0.2, 0.25) is 0 Å². The van der Waals surface area contributed by atoms with Gasteiger partial charge in [0.2, 0.25) is 0 Å². The highest BCUT2D eigenvalue weighted by Crippen LogP contribution is 2.28. The molecule has 1 aromatic heterocycles. The van der Waals surface area contributed by atoms with Crippen molar-refractivity contribution < 1.29 is 17.4 Å². The van der Waals surface area contributed by atoms with Crippen LogP contribution in [0.3, 0.4) is 0 Å². The molecule has 0 unspecified atom stereocenters. The summed E-state index contributed by atoms with van der Waals surface area (Å²) in [5.41, 5.74) is 0.650. The van der Waals surface area contributed by atoms with Crippen molar-refractivity contribution in [1.29, 1.82) is 5.26 Å². The molecule has 0 N–H and O–H groups in total. The Morgan fingerprint density at radius 3 is 2.62 bits per heavy atom. The summed E-state index contributed by atoms with van der Waals surface area (Å²) in [5.74, 6) is -0.487. The van der Waals surface area contributed by atoms with E-state index in [-0.39, 0.29) is 29.1 Å². The Labute approximate surface area is 136 Å². The van der Waals surface area contributed by atoms with Gasteiger partial charge in [-0.25, -0.2) is 17.4 Å². The summed E-state index contributed by atoms with van der Waals surface area (Å²) < 4.78 is 44.9. The second-order valence-corrected chi connectivity index (χ2v) is 6.68. The minimum Gasteiger partial charge on any atom is -0.265 e. The van der Waals surface area contributed by atoms with E-state index < -0.39 is 15.8 Å². The number of sulfonamides is 1. The van der Waals surface area contributed by atoms with Crippen LogP contribution >= 0.6 is 0 Å². The first-order valence-electron chi connectivity index (χ1n) is 6.90. The predicted molar refractivity (Wildman–Crippen MR) is 83.0 cm³/mol. The molecular weight excluding hydrogens is 335 g/mol. The van der Waals surface area contributed by atoms with E-state index in [4.69, 9.17) is 5.26 Å². The van der Waals surface area contributed by atoms with Crippen LogP contribution in [-0.2, 0) is 10.0 Å². The van der Waals surface area contributed by atoms with Gasteiger partial charge in [0.25, 0.3) is 10.0 Å². The maximum Gasteiger partial charge on any atom is 0.266 e. The molecule has 0 aliphatic rings. The third kappa shape index (κ3) is 2.79. The topological polar surface area (TPSA) is 100 Å². The maximum absolute atomic E-state index is 13.1. The quantitative estimate of drug-likeness (QED) is 0.703. The second-order valence-electron chi connectivity index (χ2n) is 4.85. The fourth-order valence-corrected chi connectivity index (χ4v) is 3.86. The SMILES string of the molecule is N#CCCN(c1ccc(F)cc1)S(=O)(=O)c1cccc2nonc12. The second kappa shape index (κ2) is 6.25. The molecule has 2 aromatic carbocycles. The minimum atomic E-state index is -4.04. The number of benzene rings is 2. The van der Waals surface area contributed by atoms with Crippen molar-refractivity contribution in [2.75, 3.05) is 10.8 Å². The van der Waals surface area contributed by atoms with E-state index in [1.807, 2.05) is 6.07 Å². The molecule has 0 aliphatic carbocycles. The van der Waals surface area contributed by atoms with Crippen molar-refractivity contribution in [2.45, 2.75) is 11.3 Å². The van der Waals surface area contributed by atoms with Crippen LogP contribution in [0.1, 0.15) is 6.42 Å². The third-order valence-corrected chi connectivity index (χ3v) is 5.22. The fraction of sp³-hybridized carbons (Fsp3) is 0.133. The molecule has 0 saturated heterocycles. The van der Waals surface area contributed by atoms with E-state index >= 15 is 0 Å². The van der Waals surface area contributed by atoms with Gasteiger partial charge in [-0.1, -0.05) is 6.07 Å². The molecule has 3 aromatic rings. The van der Waals surface area contributed by atoms with Crippen LogP contribution in [0.5, 0.6) is 0 Å². The van der Waals surface area contributed by atoms with Gasteiger partial charge in [-0.05, 0) is 46.7 Å². The van der Waals surface area contributed by atoms with Gasteiger partial charge >= 0.3 is 0 Å². The average Bonchev–Trinajstić information content (AvgIpc) is 3.05. The van der Waals surface area contributed by atoms with Crippen molar-refractivity contribution in [3.63, 3.8) is 0 Å². The summed E-state index contributed by atoms with van der Waals surface area (Å²) in [4.78, 5) is -0.0940. The molecule has 9 heteroatoms. The molecule has 24 heavy (non-hydrogen) atoms. The van der Waals surface area contributed by atoms with Crippen LogP contribution in [0.15, 0.2) is 52.0 Å². The normalized spacial score (nSPS) is 11.3. The lowest BCUT2D eigenvalue weighted by atomic mass is 10.3. The van der Waals surface area contributed by atoms with E-state index in [2.05, 4.69) is 14.9 Å². The highest BCUT2D eigenvalue weighted by atomic mass is 32.2. The Kier molecular flexibility index (Phi) is 4.14. The Bertz CT molecular complexity index is 1010. The number of rotatable bonds is 5. The Balaban J connectivity index is 2.13. The Hall–Kier alpha value is -2.99. The van der Waals surface area contributed by atoms with Crippen LogP contribution in [0.4, 0.5) is 10.1 Å². The van der Waals surface area contributed by atoms with Crippen molar-refractivity contribution in [2.24, 2.45) is 0 Å². The predicted octanol–water partition coefficient (Wildman–Crippen LogP) is 2.47. The number of nitriles is 1. The lowest BCUT2D eigenvalue weighted by Crippen LogP contribution is -2.32. The van der Waals surface area contributed by atoms with Crippen molar-refractivity contribution in [3.8, 4) is 6.07 Å². The van der Waals surface area contributed by atoms with Crippen molar-refractivity contribution in [3.05, 3.63) is 48.3 Å². The summed E-state index contributed by atoms with van der Waals surface area (Å²) in [7, 11) is -4.04. The van der Waals surface area contributed by atoms with Crippen LogP contribution in [-0.4, -0.2) is 25.3 Å². The molecule has 0 atom stereocenters. The molecule has 0 aliphatic heterocycles. The van der Waals surface area contributed by atoms with Gasteiger partial charge in [0, 0.05) is 6.54 Å². The van der Waals surface area contributed by atoms with E-state index in [0.717, 1.165) is 16.4 Å². The molecule has 0 spiro atoms. The summed E-state index contributed by atoms with van der Waals surface area (Å²) >= 11 is 0. The number of hydrogen-bond donors (Lipinski definition) is 0. The van der Waals surface area contributed by atoms with E-state index in [0.29, 0.717) is 5.52 Å². The standard InChI is InChI=1S/C15H11FN4O3S/c16-11-5-7-12(8-6-11)20(10-2-9-17)24(21,22)14-4-1-3-13-15(14)19-23-18-13/h1,3-8H,2,10H2. The molecule has 7 nitrogen and oxygen atoms in total. The van der Waals surface area contributed by atoms with Crippen LogP contribution in [0.25, 0.3) is 11.0 Å². The van der Waals surface area contributed by atoms with Gasteiger partial charge in [0.15, 0.2) is 5.52 Å². The zero-order chi connectivity index (χ0) is 17.2. The molecule has 3 rings (SSSR count). The van der Waals surface area contributed by atoms with Crippen LogP contribution in [0, 0.1) is 17.1 Å². The number of anilines is 1. The first kappa shape index (κ1) is 15.9. The van der Waals surface area contributed by atoms with Gasteiger partial charge < -0.3 is 0 Å². The van der Waals surface area contributed by atoms with Crippen molar-refractivity contribution >= 4 is 26.7 Å². The van der Waals surface area contributed by atoms with Gasteiger partial charge in [0.05, 0.1) is 18.2 Å². The molecule has 122 valence electrons. The summed E-state index contributed by atoms with van der Waals surface area (Å²) in [6, 6.07) is 11.4. The lowest BCUT2D eigenvalue weighted by Gasteiger charge is -2.23. The van der Waals surface area contributed by atoms with E-state index in [9.17, 15) is 12.8 Å². The largest absolute Gasteiger partial charge is 0.266 e. The zero-order valence-corrected chi connectivity index (χ0v) is 13.1. The van der Waals surface area contributed by atoms with Crippen molar-refractivity contribution in [1.82, 2.24) is 10.3 Å². The van der Waals surface area contributed by atoms with Gasteiger partial charge in [-0.3, -0.25) is 4.31 Å². The summed E-state index contributed by atoms with van der Waals surface area (Å²) in [5, 5.41) is 16.1. The maximum atomic E-state index is 13.1. The fourth-order valence-electron chi connectivity index (χ4n) is 2.26. The number of hydrogen-bond acceptors (Lipinski definition) is 6. The smallest absolute Gasteiger partial charge is 0.265 e. The lowest BCUT2D eigenvalue weighted by molar-refractivity contribution is 0.315. The van der Waals surface area contributed by atoms with E-state index in [1.54, 1.807) is 6.07 Å². The van der Waals surface area contributed by atoms with Crippen LogP contribution < -0.4 is 4.31 Å². The van der Waals surface area contributed by atoms with Gasteiger partial charge in [-0.2, -0.15) is 5.26 Å². The number of halogens is 1. The highest BCUT2D eigenvalue weighted by molar-refractivity contribution is 7.93.